The summed E-state index contributed by atoms with van der Waals surface area (Å²) in [5.74, 6) is 0.599. The number of nitrogens with one attached hydrogen (secondary N) is 4. The molecule has 6 aromatic rings. The van der Waals surface area contributed by atoms with Crippen LogP contribution < -0.4 is 5.32 Å². The average molecular weight is 922 g/mol. The molecule has 0 aliphatic carbocycles. The maximum Gasteiger partial charge on any atom is 0.376 e. The first kappa shape index (κ1) is 53.7. The van der Waals surface area contributed by atoms with Crippen molar-refractivity contribution in [3.05, 3.63) is 103 Å². The normalized spacial score (nSPS) is 21.4. The molecule has 6 N–H and O–H groups in total. The molecule has 3 atom stereocenters. The lowest BCUT2D eigenvalue weighted by molar-refractivity contribution is 0.0788. The van der Waals surface area contributed by atoms with Crippen LogP contribution in [-0.2, 0) is 0 Å². The second kappa shape index (κ2) is 23.2. The van der Waals surface area contributed by atoms with E-state index in [1.165, 1.54) is 0 Å². The first-order valence-electron chi connectivity index (χ1n) is 22.5. The molecule has 66 heavy (non-hydrogen) atoms. The Morgan fingerprint density at radius 1 is 0.667 bits per heavy atom. The molecule has 17 heteroatoms. The van der Waals surface area contributed by atoms with Crippen LogP contribution in [0.4, 0.5) is 0 Å². The van der Waals surface area contributed by atoms with Crippen LogP contribution >= 0.6 is 12.4 Å². The molecule has 0 spiro atoms. The van der Waals surface area contributed by atoms with Gasteiger partial charge in [-0.15, -0.1) is 19.0 Å². The Kier molecular flexibility index (Phi) is 18.8. The lowest BCUT2D eigenvalue weighted by Crippen LogP contribution is -2.40. The number of ketones is 3. The van der Waals surface area contributed by atoms with E-state index in [2.05, 4.69) is 56.3 Å². The van der Waals surface area contributed by atoms with Crippen molar-refractivity contribution in [2.45, 2.75) is 93.7 Å². The van der Waals surface area contributed by atoms with Crippen molar-refractivity contribution in [3.63, 3.8) is 0 Å². The second-order valence-electron chi connectivity index (χ2n) is 18.0. The summed E-state index contributed by atoms with van der Waals surface area (Å²) in [6, 6.07) is 17.1. The van der Waals surface area contributed by atoms with Gasteiger partial charge >= 0.3 is 14.1 Å². The molecule has 354 valence electrons. The molecule has 0 radical (unpaired) electrons. The monoisotopic (exact) mass is 922 g/mol. The standard InChI is InChI=1S/C16H22BN3O2.C16H20BN3O2.C15H19N3O.2CH4.ClH/c2*1-3-6-16(7-8-20(11-16)17(2)22)15(21)12-4-5-14-13(9-12)10-18-19-14;1-2-5-15(6-7-16-10-15)14(19)11-3-4-13-12(8-11)9-17-18-13;;;/h4-5,9-10,22H,3,6-8,11H2,1-2H3,(H,18,19);3-5,9-10,22H,1,6-8,11H2,2H3,(H,18,19);3-4,8-9,16H,2,5-7,10H2,1H3,(H,17,18);2*1H4;1H. The van der Waals surface area contributed by atoms with Crippen LogP contribution in [0.5, 0.6) is 0 Å². The number of hydrogen-bond donors (Lipinski definition) is 6. The van der Waals surface area contributed by atoms with Gasteiger partial charge in [0.05, 0.1) is 35.1 Å². The third-order valence-electron chi connectivity index (χ3n) is 13.6. The highest BCUT2D eigenvalue weighted by Crippen LogP contribution is 2.40. The summed E-state index contributed by atoms with van der Waals surface area (Å²) in [7, 11) is -1.03. The zero-order valence-electron chi connectivity index (χ0n) is 37.5. The Balaban J connectivity index is 0.000000212. The molecule has 3 aromatic heterocycles. The zero-order valence-corrected chi connectivity index (χ0v) is 38.3. The largest absolute Gasteiger partial charge is 0.437 e. The van der Waals surface area contributed by atoms with Crippen molar-refractivity contribution in [2.75, 3.05) is 39.3 Å². The molecule has 3 aromatic carbocycles. The summed E-state index contributed by atoms with van der Waals surface area (Å²) < 4.78 is 0. The van der Waals surface area contributed by atoms with Crippen molar-refractivity contribution >= 4 is 76.6 Å². The molecule has 3 aliphatic heterocycles. The van der Waals surface area contributed by atoms with Gasteiger partial charge in [0, 0.05) is 68.7 Å². The van der Waals surface area contributed by atoms with Crippen LogP contribution in [-0.4, -0.2) is 121 Å². The topological polar surface area (TPSA) is 196 Å². The highest BCUT2D eigenvalue weighted by Gasteiger charge is 2.46. The molecular weight excluding hydrogens is 852 g/mol. The smallest absolute Gasteiger partial charge is 0.376 e. The van der Waals surface area contributed by atoms with E-state index in [1.54, 1.807) is 38.3 Å². The van der Waals surface area contributed by atoms with Gasteiger partial charge in [-0.1, -0.05) is 47.6 Å². The summed E-state index contributed by atoms with van der Waals surface area (Å²) >= 11 is 0. The van der Waals surface area contributed by atoms with Gasteiger partial charge in [0.25, 0.3) is 0 Å². The van der Waals surface area contributed by atoms with E-state index >= 15 is 0 Å². The maximum absolute atomic E-state index is 13.2. The number of Topliss-reactive ketones (excluding diaryl/α,β-unsaturated/α-hetero) is 3. The summed E-state index contributed by atoms with van der Waals surface area (Å²) in [5.41, 5.74) is 4.03. The molecule has 14 nitrogen and oxygen atoms in total. The third-order valence-corrected chi connectivity index (χ3v) is 13.6. The average Bonchev–Trinajstić information content (AvgIpc) is 4.15. The van der Waals surface area contributed by atoms with Crippen LogP contribution in [0.15, 0.2) is 85.8 Å². The lowest BCUT2D eigenvalue weighted by atomic mass is 9.75. The number of fused-ring (bicyclic) bond motifs is 3. The molecule has 3 fully saturated rings. The third kappa shape index (κ3) is 11.2. The summed E-state index contributed by atoms with van der Waals surface area (Å²) in [5, 5.41) is 46.6. The first-order valence-corrected chi connectivity index (χ1v) is 22.5. The zero-order chi connectivity index (χ0) is 44.8. The van der Waals surface area contributed by atoms with E-state index < -0.39 is 19.5 Å². The molecule has 0 saturated carbocycles. The van der Waals surface area contributed by atoms with Gasteiger partial charge in [-0.2, -0.15) is 15.3 Å². The van der Waals surface area contributed by atoms with Crippen LogP contribution in [0, 0.1) is 16.2 Å². The number of allylic oxidation sites excluding steroid dienone is 1. The number of nitrogens with zero attached hydrogens (tertiary/aromatic N) is 5. The number of rotatable bonds is 14. The summed E-state index contributed by atoms with van der Waals surface area (Å²) in [6.07, 6.45) is 14.0. The molecule has 9 rings (SSSR count). The van der Waals surface area contributed by atoms with Gasteiger partial charge in [0.2, 0.25) is 0 Å². The van der Waals surface area contributed by atoms with Crippen LogP contribution in [0.1, 0.15) is 111 Å². The van der Waals surface area contributed by atoms with Gasteiger partial charge in [-0.3, -0.25) is 29.7 Å². The van der Waals surface area contributed by atoms with E-state index in [0.29, 0.717) is 25.1 Å². The quantitative estimate of drug-likeness (QED) is 0.0348. The van der Waals surface area contributed by atoms with Crippen molar-refractivity contribution in [1.82, 2.24) is 45.5 Å². The van der Waals surface area contributed by atoms with E-state index in [-0.39, 0.29) is 55.4 Å². The lowest BCUT2D eigenvalue weighted by Gasteiger charge is -2.28. The number of H-pyrrole nitrogens is 3. The summed E-state index contributed by atoms with van der Waals surface area (Å²) in [4.78, 5) is 43.0. The minimum Gasteiger partial charge on any atom is -0.437 e. The first-order chi connectivity index (χ1) is 30.4. The number of carbonyl (C=O) groups excluding carboxylic acids is 3. The van der Waals surface area contributed by atoms with Crippen LogP contribution in [0.25, 0.3) is 32.7 Å². The van der Waals surface area contributed by atoms with Crippen molar-refractivity contribution in [1.29, 1.82) is 0 Å². The van der Waals surface area contributed by atoms with Gasteiger partial charge < -0.3 is 25.0 Å². The van der Waals surface area contributed by atoms with E-state index in [4.69, 9.17) is 0 Å². The number of hydrogen-bond acceptors (Lipinski definition) is 11. The van der Waals surface area contributed by atoms with Gasteiger partial charge in [-0.05, 0) is 126 Å². The molecular formula is C49H70B2ClN9O5. The Hall–Kier alpha value is -4.96. The molecule has 0 bridgehead atoms. The highest BCUT2D eigenvalue weighted by molar-refractivity contribution is 6.45. The molecule has 6 heterocycles. The fourth-order valence-corrected chi connectivity index (χ4v) is 10.1. The number of halogens is 1. The fraction of sp³-hybridized carbons (Fsp3) is 0.469. The van der Waals surface area contributed by atoms with E-state index in [9.17, 15) is 24.4 Å². The molecule has 3 saturated heterocycles. The van der Waals surface area contributed by atoms with Gasteiger partial charge in [0.1, 0.15) is 0 Å². The number of aromatic nitrogens is 6. The summed E-state index contributed by atoms with van der Waals surface area (Å²) in [6.45, 7) is 16.0. The SMILES string of the molecule is C.C.C=CCC1(C(=O)c2ccc3[nH]ncc3c2)CCN(B(C)O)C1.CCCC1(C(=O)c2ccc3[nH]ncc3c2)CCN(B(C)O)C1.CCCC1(C(=O)c2ccc3[nH]ncc3c2)CCNC1.Cl. The molecule has 0 amide bonds. The Bertz CT molecular complexity index is 2550. The minimum atomic E-state index is -0.532. The predicted molar refractivity (Wildman–Crippen MR) is 271 cm³/mol. The van der Waals surface area contributed by atoms with Crippen molar-refractivity contribution < 1.29 is 24.4 Å². The van der Waals surface area contributed by atoms with E-state index in [0.717, 1.165) is 115 Å². The Labute approximate surface area is 396 Å². The Morgan fingerprint density at radius 2 is 1.06 bits per heavy atom. The maximum atomic E-state index is 13.2. The molecule has 3 unspecified atom stereocenters. The second-order valence-corrected chi connectivity index (χ2v) is 18.0. The van der Waals surface area contributed by atoms with E-state index in [1.807, 2.05) is 64.2 Å². The Morgan fingerprint density at radius 3 is 1.44 bits per heavy atom. The number of benzene rings is 3. The van der Waals surface area contributed by atoms with Crippen molar-refractivity contribution in [3.8, 4) is 0 Å². The van der Waals surface area contributed by atoms with Gasteiger partial charge in [0.15, 0.2) is 17.3 Å². The fourth-order valence-electron chi connectivity index (χ4n) is 10.1. The molecule has 3 aliphatic rings. The predicted octanol–water partition coefficient (Wildman–Crippen LogP) is 8.69. The number of aromatic amines is 3. The van der Waals surface area contributed by atoms with Crippen LogP contribution in [0.2, 0.25) is 13.6 Å². The number of carbonyl (C=O) groups is 3. The van der Waals surface area contributed by atoms with Crippen LogP contribution in [0.3, 0.4) is 0 Å². The minimum absolute atomic E-state index is 0. The highest BCUT2D eigenvalue weighted by atomic mass is 35.5. The van der Waals surface area contributed by atoms with Crippen molar-refractivity contribution in [2.24, 2.45) is 16.2 Å². The van der Waals surface area contributed by atoms with Gasteiger partial charge in [-0.25, -0.2) is 0 Å².